The van der Waals surface area contributed by atoms with Gasteiger partial charge in [-0.15, -0.1) is 0 Å². The van der Waals surface area contributed by atoms with Crippen LogP contribution in [0.3, 0.4) is 0 Å². The van der Waals surface area contributed by atoms with Crippen molar-refractivity contribution < 1.29 is 0 Å². The van der Waals surface area contributed by atoms with E-state index in [-0.39, 0.29) is 0 Å². The van der Waals surface area contributed by atoms with Gasteiger partial charge in [-0.2, -0.15) is 0 Å². The number of likely N-dealkylation sites (N-methyl/N-ethyl adjacent to an activating group) is 2. The summed E-state index contributed by atoms with van der Waals surface area (Å²) < 4.78 is 0. The second-order valence-electron chi connectivity index (χ2n) is 5.28. The zero-order valence-corrected chi connectivity index (χ0v) is 12.1. The Kier molecular flexibility index (Phi) is 4.93. The minimum Gasteiger partial charge on any atom is -0.369 e. The lowest BCUT2D eigenvalue weighted by Crippen LogP contribution is -2.44. The van der Waals surface area contributed by atoms with Crippen molar-refractivity contribution in [3.8, 4) is 0 Å². The summed E-state index contributed by atoms with van der Waals surface area (Å²) in [4.78, 5) is 15.5. The molecule has 0 aromatic carbocycles. The van der Waals surface area contributed by atoms with Gasteiger partial charge in [-0.25, -0.2) is 9.97 Å². The lowest BCUT2D eigenvalue weighted by atomic mass is 10.3. The van der Waals surface area contributed by atoms with Gasteiger partial charge in [0.1, 0.15) is 18.0 Å². The molecule has 2 heterocycles. The van der Waals surface area contributed by atoms with E-state index in [9.17, 15) is 0 Å². The van der Waals surface area contributed by atoms with E-state index >= 15 is 0 Å². The van der Waals surface area contributed by atoms with Gasteiger partial charge in [0.05, 0.1) is 0 Å². The second-order valence-corrected chi connectivity index (χ2v) is 5.28. The van der Waals surface area contributed by atoms with Crippen molar-refractivity contribution in [1.82, 2.24) is 19.8 Å². The molecule has 0 spiro atoms. The topological polar surface area (TPSA) is 47.5 Å². The first kappa shape index (κ1) is 14.0. The highest BCUT2D eigenvalue weighted by Gasteiger charge is 2.15. The van der Waals surface area contributed by atoms with E-state index in [0.29, 0.717) is 0 Å². The van der Waals surface area contributed by atoms with Crippen LogP contribution in [0, 0.1) is 0 Å². The lowest BCUT2D eigenvalue weighted by Gasteiger charge is -2.33. The molecule has 0 atom stereocenters. The van der Waals surface area contributed by atoms with Crippen molar-refractivity contribution in [2.75, 3.05) is 70.6 Å². The molecule has 0 amide bonds. The highest BCUT2D eigenvalue weighted by Crippen LogP contribution is 2.15. The maximum atomic E-state index is 4.38. The summed E-state index contributed by atoms with van der Waals surface area (Å²) in [5.41, 5.74) is 0. The number of nitrogens with zero attached hydrogens (tertiary/aromatic N) is 5. The van der Waals surface area contributed by atoms with Crippen LogP contribution in [-0.4, -0.2) is 80.2 Å². The number of nitrogens with one attached hydrogen (secondary N) is 1. The van der Waals surface area contributed by atoms with Crippen LogP contribution in [0.25, 0.3) is 0 Å². The Balaban J connectivity index is 1.91. The van der Waals surface area contributed by atoms with Crippen molar-refractivity contribution in [1.29, 1.82) is 0 Å². The van der Waals surface area contributed by atoms with Crippen LogP contribution in [0.15, 0.2) is 12.4 Å². The third-order valence-electron chi connectivity index (χ3n) is 3.35. The summed E-state index contributed by atoms with van der Waals surface area (Å²) in [5.74, 6) is 1.93. The highest BCUT2D eigenvalue weighted by molar-refractivity contribution is 5.48. The van der Waals surface area contributed by atoms with E-state index < -0.39 is 0 Å². The van der Waals surface area contributed by atoms with Crippen LogP contribution >= 0.6 is 0 Å². The molecule has 1 saturated heterocycles. The summed E-state index contributed by atoms with van der Waals surface area (Å²) in [7, 11) is 6.29. The van der Waals surface area contributed by atoms with E-state index in [1.165, 1.54) is 0 Å². The Labute approximate surface area is 115 Å². The molecule has 6 heteroatoms. The number of piperazine rings is 1. The Morgan fingerprint density at radius 2 is 1.95 bits per heavy atom. The summed E-state index contributed by atoms with van der Waals surface area (Å²) >= 11 is 0. The number of hydrogen-bond acceptors (Lipinski definition) is 6. The number of rotatable bonds is 5. The Morgan fingerprint density at radius 1 is 1.21 bits per heavy atom. The maximum Gasteiger partial charge on any atom is 0.134 e. The lowest BCUT2D eigenvalue weighted by molar-refractivity contribution is 0.312. The molecular weight excluding hydrogens is 240 g/mol. The van der Waals surface area contributed by atoms with Gasteiger partial charge in [0.15, 0.2) is 0 Å². The Bertz CT molecular complexity index is 386. The first-order valence-electron chi connectivity index (χ1n) is 6.79. The molecule has 1 fully saturated rings. The van der Waals surface area contributed by atoms with E-state index in [1.807, 2.05) is 6.07 Å². The SMILES string of the molecule is CN(C)CCNc1cc(N2CCN(C)CC2)ncn1. The minimum atomic E-state index is 0.895. The van der Waals surface area contributed by atoms with Gasteiger partial charge >= 0.3 is 0 Å². The molecule has 1 N–H and O–H groups in total. The number of aromatic nitrogens is 2. The molecule has 0 radical (unpaired) electrons. The predicted molar refractivity (Wildman–Crippen MR) is 78.8 cm³/mol. The fourth-order valence-corrected chi connectivity index (χ4v) is 2.06. The Morgan fingerprint density at radius 3 is 2.63 bits per heavy atom. The van der Waals surface area contributed by atoms with Crippen LogP contribution in [0.1, 0.15) is 0 Å². The quantitative estimate of drug-likeness (QED) is 0.820. The predicted octanol–water partition coefficient (Wildman–Crippen LogP) is 0.202. The average molecular weight is 264 g/mol. The van der Waals surface area contributed by atoms with Crippen molar-refractivity contribution in [3.63, 3.8) is 0 Å². The van der Waals surface area contributed by atoms with E-state index in [2.05, 4.69) is 51.1 Å². The molecule has 1 aliphatic heterocycles. The van der Waals surface area contributed by atoms with E-state index in [4.69, 9.17) is 0 Å². The normalized spacial score (nSPS) is 16.9. The number of hydrogen-bond donors (Lipinski definition) is 1. The molecule has 0 saturated carbocycles. The van der Waals surface area contributed by atoms with Crippen LogP contribution in [-0.2, 0) is 0 Å². The van der Waals surface area contributed by atoms with Gasteiger partial charge in [0, 0.05) is 45.3 Å². The van der Waals surface area contributed by atoms with Crippen molar-refractivity contribution in [2.24, 2.45) is 0 Å². The van der Waals surface area contributed by atoms with Crippen molar-refractivity contribution >= 4 is 11.6 Å². The zero-order valence-electron chi connectivity index (χ0n) is 12.1. The highest BCUT2D eigenvalue weighted by atomic mass is 15.3. The molecular formula is C13H24N6. The summed E-state index contributed by atoms with van der Waals surface area (Å²) in [5, 5.41) is 3.33. The van der Waals surface area contributed by atoms with Gasteiger partial charge in [0.25, 0.3) is 0 Å². The molecule has 0 unspecified atom stereocenters. The third kappa shape index (κ3) is 4.33. The zero-order chi connectivity index (χ0) is 13.7. The van der Waals surface area contributed by atoms with Crippen molar-refractivity contribution in [2.45, 2.75) is 0 Å². The minimum absolute atomic E-state index is 0.895. The molecule has 1 aromatic rings. The molecule has 1 aliphatic rings. The first-order chi connectivity index (χ1) is 9.15. The Hall–Kier alpha value is -1.40. The standard InChI is InChI=1S/C13H24N6/c1-17(2)5-4-14-12-10-13(16-11-15-12)19-8-6-18(3)7-9-19/h10-11H,4-9H2,1-3H3,(H,14,15,16). The second kappa shape index (κ2) is 6.68. The summed E-state index contributed by atoms with van der Waals surface area (Å²) in [6.45, 7) is 6.14. The summed E-state index contributed by atoms with van der Waals surface area (Å²) in [6.07, 6.45) is 1.64. The van der Waals surface area contributed by atoms with Gasteiger partial charge in [-0.05, 0) is 21.1 Å². The van der Waals surface area contributed by atoms with E-state index in [1.54, 1.807) is 6.33 Å². The molecule has 106 valence electrons. The van der Waals surface area contributed by atoms with Crippen molar-refractivity contribution in [3.05, 3.63) is 12.4 Å². The molecule has 19 heavy (non-hydrogen) atoms. The fraction of sp³-hybridized carbons (Fsp3) is 0.692. The van der Waals surface area contributed by atoms with Crippen LogP contribution in [0.2, 0.25) is 0 Å². The first-order valence-corrected chi connectivity index (χ1v) is 6.79. The van der Waals surface area contributed by atoms with Gasteiger partial charge < -0.3 is 20.0 Å². The molecule has 1 aromatic heterocycles. The van der Waals surface area contributed by atoms with Crippen LogP contribution in [0.4, 0.5) is 11.6 Å². The fourth-order valence-electron chi connectivity index (χ4n) is 2.06. The molecule has 2 rings (SSSR count). The largest absolute Gasteiger partial charge is 0.369 e. The smallest absolute Gasteiger partial charge is 0.134 e. The maximum absolute atomic E-state index is 4.38. The number of anilines is 2. The molecule has 0 bridgehead atoms. The monoisotopic (exact) mass is 264 g/mol. The molecule has 0 aliphatic carbocycles. The van der Waals surface area contributed by atoms with Gasteiger partial charge in [-0.1, -0.05) is 0 Å². The molecule has 6 nitrogen and oxygen atoms in total. The van der Waals surface area contributed by atoms with E-state index in [0.717, 1.165) is 50.9 Å². The summed E-state index contributed by atoms with van der Waals surface area (Å²) in [6, 6.07) is 2.04. The van der Waals surface area contributed by atoms with Gasteiger partial charge in [-0.3, -0.25) is 0 Å². The third-order valence-corrected chi connectivity index (χ3v) is 3.35. The van der Waals surface area contributed by atoms with Crippen LogP contribution < -0.4 is 10.2 Å². The van der Waals surface area contributed by atoms with Crippen LogP contribution in [0.5, 0.6) is 0 Å². The average Bonchev–Trinajstić information content (AvgIpc) is 2.39. The van der Waals surface area contributed by atoms with Gasteiger partial charge in [0.2, 0.25) is 0 Å².